The van der Waals surface area contributed by atoms with Crippen molar-refractivity contribution in [3.63, 3.8) is 0 Å². The van der Waals surface area contributed by atoms with E-state index < -0.39 is 0 Å². The van der Waals surface area contributed by atoms with Crippen LogP contribution in [0, 0.1) is 6.92 Å². The third-order valence-corrected chi connectivity index (χ3v) is 4.25. The quantitative estimate of drug-likeness (QED) is 0.857. The third kappa shape index (κ3) is 3.84. The summed E-state index contributed by atoms with van der Waals surface area (Å²) < 4.78 is 5.37. The Labute approximate surface area is 134 Å². The third-order valence-electron chi connectivity index (χ3n) is 3.34. The van der Waals surface area contributed by atoms with Gasteiger partial charge in [0.25, 0.3) is 5.91 Å². The van der Waals surface area contributed by atoms with Crippen molar-refractivity contribution in [2.24, 2.45) is 5.73 Å². The van der Waals surface area contributed by atoms with E-state index in [1.807, 2.05) is 32.0 Å². The van der Waals surface area contributed by atoms with E-state index in [1.54, 1.807) is 12.5 Å². The van der Waals surface area contributed by atoms with Crippen molar-refractivity contribution in [1.82, 2.24) is 10.3 Å². The summed E-state index contributed by atoms with van der Waals surface area (Å²) in [5, 5.41) is 5.61. The molecule has 1 atom stereocenters. The normalized spacial score (nSPS) is 12.0. The van der Waals surface area contributed by atoms with Crippen LogP contribution in [-0.2, 0) is 6.42 Å². The molecular formula is C16H21N3O2S. The average molecular weight is 319 g/mol. The van der Waals surface area contributed by atoms with Gasteiger partial charge in [0.15, 0.2) is 0 Å². The van der Waals surface area contributed by atoms with Gasteiger partial charge in [-0.2, -0.15) is 0 Å². The van der Waals surface area contributed by atoms with Gasteiger partial charge in [0, 0.05) is 17.4 Å². The Morgan fingerprint density at radius 1 is 1.50 bits per heavy atom. The second-order valence-corrected chi connectivity index (χ2v) is 6.05. The fourth-order valence-corrected chi connectivity index (χ4v) is 2.99. The molecule has 6 heteroatoms. The van der Waals surface area contributed by atoms with E-state index in [4.69, 9.17) is 10.5 Å². The SMILES string of the molecule is COc1ccc(C)cc1C(C)NC(=O)c1csc(CCN)n1. The minimum atomic E-state index is -0.185. The molecule has 5 nitrogen and oxygen atoms in total. The van der Waals surface area contributed by atoms with E-state index in [-0.39, 0.29) is 11.9 Å². The molecule has 22 heavy (non-hydrogen) atoms. The molecule has 1 heterocycles. The summed E-state index contributed by atoms with van der Waals surface area (Å²) in [5.74, 6) is 0.580. The molecule has 1 unspecified atom stereocenters. The van der Waals surface area contributed by atoms with Crippen LogP contribution in [0.15, 0.2) is 23.6 Å². The highest BCUT2D eigenvalue weighted by molar-refractivity contribution is 7.09. The molecule has 0 fully saturated rings. The van der Waals surface area contributed by atoms with Crippen LogP contribution in [0.3, 0.4) is 0 Å². The monoisotopic (exact) mass is 319 g/mol. The molecule has 0 aliphatic rings. The summed E-state index contributed by atoms with van der Waals surface area (Å²) in [6, 6.07) is 5.75. The van der Waals surface area contributed by atoms with E-state index in [0.717, 1.165) is 21.9 Å². The lowest BCUT2D eigenvalue weighted by atomic mass is 10.0. The number of benzene rings is 1. The number of amides is 1. The summed E-state index contributed by atoms with van der Waals surface area (Å²) in [4.78, 5) is 16.6. The van der Waals surface area contributed by atoms with Crippen LogP contribution in [0.4, 0.5) is 0 Å². The van der Waals surface area contributed by atoms with Gasteiger partial charge in [-0.3, -0.25) is 4.79 Å². The summed E-state index contributed by atoms with van der Waals surface area (Å²) in [6.45, 7) is 4.48. The number of thiazole rings is 1. The smallest absolute Gasteiger partial charge is 0.271 e. The zero-order valence-corrected chi connectivity index (χ0v) is 13.9. The number of rotatable bonds is 6. The molecule has 0 aliphatic carbocycles. The van der Waals surface area contributed by atoms with E-state index in [1.165, 1.54) is 11.3 Å². The maximum Gasteiger partial charge on any atom is 0.271 e. The summed E-state index contributed by atoms with van der Waals surface area (Å²) in [7, 11) is 1.63. The van der Waals surface area contributed by atoms with Crippen molar-refractivity contribution in [3.8, 4) is 5.75 Å². The van der Waals surface area contributed by atoms with Gasteiger partial charge in [-0.25, -0.2) is 4.98 Å². The standard InChI is InChI=1S/C16H21N3O2S/c1-10-4-5-14(21-3)12(8-10)11(2)18-16(20)13-9-22-15(19-13)6-7-17/h4-5,8-9,11H,6-7,17H2,1-3H3,(H,18,20). The first-order chi connectivity index (χ1) is 10.5. The number of hydrogen-bond donors (Lipinski definition) is 2. The van der Waals surface area contributed by atoms with Gasteiger partial charge in [-0.05, 0) is 26.5 Å². The van der Waals surface area contributed by atoms with Crippen LogP contribution in [-0.4, -0.2) is 24.5 Å². The Balaban J connectivity index is 2.12. The molecule has 0 saturated carbocycles. The van der Waals surface area contributed by atoms with E-state index >= 15 is 0 Å². The van der Waals surface area contributed by atoms with Crippen LogP contribution < -0.4 is 15.8 Å². The Kier molecular flexibility index (Phi) is 5.51. The predicted molar refractivity (Wildman–Crippen MR) is 88.5 cm³/mol. The number of aryl methyl sites for hydroxylation is 1. The highest BCUT2D eigenvalue weighted by Crippen LogP contribution is 2.26. The van der Waals surface area contributed by atoms with E-state index in [2.05, 4.69) is 10.3 Å². The molecule has 0 bridgehead atoms. The molecule has 1 aromatic heterocycles. The zero-order chi connectivity index (χ0) is 16.1. The van der Waals surface area contributed by atoms with Crippen molar-refractivity contribution >= 4 is 17.2 Å². The average Bonchev–Trinajstić information content (AvgIpc) is 2.96. The minimum absolute atomic E-state index is 0.165. The maximum absolute atomic E-state index is 12.3. The van der Waals surface area contributed by atoms with Gasteiger partial charge < -0.3 is 15.8 Å². The lowest BCUT2D eigenvalue weighted by Gasteiger charge is -2.17. The van der Waals surface area contributed by atoms with Gasteiger partial charge in [0.1, 0.15) is 11.4 Å². The lowest BCUT2D eigenvalue weighted by molar-refractivity contribution is 0.0935. The van der Waals surface area contributed by atoms with Crippen LogP contribution in [0.1, 0.15) is 39.6 Å². The molecular weight excluding hydrogens is 298 g/mol. The molecule has 118 valence electrons. The van der Waals surface area contributed by atoms with Gasteiger partial charge in [-0.15, -0.1) is 11.3 Å². The number of nitrogens with one attached hydrogen (secondary N) is 1. The minimum Gasteiger partial charge on any atom is -0.496 e. The lowest BCUT2D eigenvalue weighted by Crippen LogP contribution is -2.27. The largest absolute Gasteiger partial charge is 0.496 e. The number of methoxy groups -OCH3 is 1. The van der Waals surface area contributed by atoms with E-state index in [0.29, 0.717) is 18.7 Å². The fraction of sp³-hybridized carbons (Fsp3) is 0.375. The number of nitrogens with zero attached hydrogens (tertiary/aromatic N) is 1. The molecule has 1 amide bonds. The number of carbonyl (C=O) groups excluding carboxylic acids is 1. The van der Waals surface area contributed by atoms with Crippen LogP contribution in [0.2, 0.25) is 0 Å². The number of carbonyl (C=O) groups is 1. The number of ether oxygens (including phenoxy) is 1. The Morgan fingerprint density at radius 2 is 2.27 bits per heavy atom. The van der Waals surface area contributed by atoms with Crippen LogP contribution >= 0.6 is 11.3 Å². The molecule has 0 aliphatic heterocycles. The van der Waals surface area contributed by atoms with Crippen molar-refractivity contribution < 1.29 is 9.53 Å². The Morgan fingerprint density at radius 3 is 2.95 bits per heavy atom. The molecule has 0 saturated heterocycles. The van der Waals surface area contributed by atoms with Gasteiger partial charge >= 0.3 is 0 Å². The summed E-state index contributed by atoms with van der Waals surface area (Å²) in [5.41, 5.74) is 8.01. The highest BCUT2D eigenvalue weighted by atomic mass is 32.1. The summed E-state index contributed by atoms with van der Waals surface area (Å²) in [6.07, 6.45) is 0.694. The first-order valence-electron chi connectivity index (χ1n) is 7.15. The summed E-state index contributed by atoms with van der Waals surface area (Å²) >= 11 is 1.46. The highest BCUT2D eigenvalue weighted by Gasteiger charge is 2.17. The van der Waals surface area contributed by atoms with Gasteiger partial charge in [0.05, 0.1) is 18.2 Å². The van der Waals surface area contributed by atoms with Gasteiger partial charge in [0.2, 0.25) is 0 Å². The van der Waals surface area contributed by atoms with Crippen LogP contribution in [0.25, 0.3) is 0 Å². The van der Waals surface area contributed by atoms with Crippen molar-refractivity contribution in [2.75, 3.05) is 13.7 Å². The number of aromatic nitrogens is 1. The van der Waals surface area contributed by atoms with Crippen molar-refractivity contribution in [2.45, 2.75) is 26.3 Å². The maximum atomic E-state index is 12.3. The molecule has 3 N–H and O–H groups in total. The van der Waals surface area contributed by atoms with Crippen LogP contribution in [0.5, 0.6) is 5.75 Å². The predicted octanol–water partition coefficient (Wildman–Crippen LogP) is 2.45. The Hall–Kier alpha value is -1.92. The molecule has 2 aromatic rings. The second kappa shape index (κ2) is 7.38. The topological polar surface area (TPSA) is 77.2 Å². The molecule has 2 rings (SSSR count). The fourth-order valence-electron chi connectivity index (χ4n) is 2.19. The van der Waals surface area contributed by atoms with E-state index in [9.17, 15) is 4.79 Å². The first kappa shape index (κ1) is 16.5. The Bertz CT molecular complexity index is 655. The van der Waals surface area contributed by atoms with Crippen molar-refractivity contribution in [1.29, 1.82) is 0 Å². The molecule has 0 radical (unpaired) electrons. The zero-order valence-electron chi connectivity index (χ0n) is 13.1. The molecule has 0 spiro atoms. The number of nitrogens with two attached hydrogens (primary N) is 1. The van der Waals surface area contributed by atoms with Gasteiger partial charge in [-0.1, -0.05) is 17.7 Å². The van der Waals surface area contributed by atoms with Crippen molar-refractivity contribution in [3.05, 3.63) is 45.4 Å². The number of hydrogen-bond acceptors (Lipinski definition) is 5. The second-order valence-electron chi connectivity index (χ2n) is 5.11. The molecule has 1 aromatic carbocycles. The first-order valence-corrected chi connectivity index (χ1v) is 8.03.